The molecule has 116 valence electrons. The quantitative estimate of drug-likeness (QED) is 0.899. The van der Waals surface area contributed by atoms with Crippen molar-refractivity contribution >= 4 is 11.6 Å². The Balaban J connectivity index is 2.18. The van der Waals surface area contributed by atoms with Gasteiger partial charge < -0.3 is 11.1 Å². The average Bonchev–Trinajstić information content (AvgIpc) is 2.88. The predicted molar refractivity (Wildman–Crippen MR) is 74.7 cm³/mol. The second kappa shape index (κ2) is 6.05. The third kappa shape index (κ3) is 3.37. The molecule has 21 heavy (non-hydrogen) atoms. The summed E-state index contributed by atoms with van der Waals surface area (Å²) in [7, 11) is 0. The Hall–Kier alpha value is -1.56. The summed E-state index contributed by atoms with van der Waals surface area (Å²) in [4.78, 5) is 12.2. The van der Waals surface area contributed by atoms with Crippen LogP contribution in [0, 0.1) is 18.8 Å². The van der Waals surface area contributed by atoms with Crippen molar-refractivity contribution in [1.29, 1.82) is 0 Å². The van der Waals surface area contributed by atoms with Crippen LogP contribution in [0.2, 0.25) is 0 Å². The number of rotatable bonds is 3. The molecule has 1 fully saturated rings. The third-order valence-corrected chi connectivity index (χ3v) is 4.20. The maximum absolute atomic E-state index is 12.9. The summed E-state index contributed by atoms with van der Waals surface area (Å²) in [6.07, 6.45) is -1.85. The van der Waals surface area contributed by atoms with Gasteiger partial charge in [-0.25, -0.2) is 0 Å². The van der Waals surface area contributed by atoms with Gasteiger partial charge in [0.2, 0.25) is 5.91 Å². The molecule has 3 N–H and O–H groups in total. The highest BCUT2D eigenvalue weighted by Crippen LogP contribution is 2.36. The summed E-state index contributed by atoms with van der Waals surface area (Å²) in [6, 6.07) is 3.82. The van der Waals surface area contributed by atoms with Crippen LogP contribution in [0.5, 0.6) is 0 Å². The summed E-state index contributed by atoms with van der Waals surface area (Å²) in [5.41, 5.74) is 5.18. The number of halogens is 3. The smallest absolute Gasteiger partial charge is 0.330 e. The van der Waals surface area contributed by atoms with Crippen molar-refractivity contribution in [3.63, 3.8) is 0 Å². The Morgan fingerprint density at radius 1 is 1.38 bits per heavy atom. The van der Waals surface area contributed by atoms with E-state index in [9.17, 15) is 18.0 Å². The van der Waals surface area contributed by atoms with Gasteiger partial charge in [-0.2, -0.15) is 13.2 Å². The lowest BCUT2D eigenvalue weighted by Gasteiger charge is -2.19. The van der Waals surface area contributed by atoms with Gasteiger partial charge in [-0.15, -0.1) is 0 Å². The molecule has 0 bridgehead atoms. The molecular formula is C15H19F3N2O. The van der Waals surface area contributed by atoms with Crippen LogP contribution >= 0.6 is 0 Å². The minimum atomic E-state index is -4.42. The number of hydrogen-bond acceptors (Lipinski definition) is 2. The fourth-order valence-electron chi connectivity index (χ4n) is 2.97. The van der Waals surface area contributed by atoms with Crippen LogP contribution in [0.3, 0.4) is 0 Å². The van der Waals surface area contributed by atoms with Crippen molar-refractivity contribution in [3.05, 3.63) is 29.3 Å². The Morgan fingerprint density at radius 3 is 2.71 bits per heavy atom. The SMILES string of the molecule is Cc1c(NC(=O)[C@@H]2CCC[C@@H]2CN)cccc1C(F)(F)F. The fourth-order valence-corrected chi connectivity index (χ4v) is 2.97. The number of benzene rings is 1. The molecule has 6 heteroatoms. The van der Waals surface area contributed by atoms with E-state index in [4.69, 9.17) is 5.73 Å². The van der Waals surface area contributed by atoms with Crippen LogP contribution in [-0.2, 0) is 11.0 Å². The van der Waals surface area contributed by atoms with Gasteiger partial charge >= 0.3 is 6.18 Å². The van der Waals surface area contributed by atoms with Gasteiger partial charge in [0, 0.05) is 11.6 Å². The van der Waals surface area contributed by atoms with E-state index in [1.54, 1.807) is 0 Å². The van der Waals surface area contributed by atoms with E-state index >= 15 is 0 Å². The molecule has 0 unspecified atom stereocenters. The van der Waals surface area contributed by atoms with E-state index in [0.717, 1.165) is 25.3 Å². The molecule has 1 aliphatic rings. The summed E-state index contributed by atoms with van der Waals surface area (Å²) in [5, 5.41) is 2.63. The van der Waals surface area contributed by atoms with Crippen LogP contribution in [0.25, 0.3) is 0 Å². The van der Waals surface area contributed by atoms with E-state index in [-0.39, 0.29) is 29.0 Å². The van der Waals surface area contributed by atoms with Crippen molar-refractivity contribution in [2.75, 3.05) is 11.9 Å². The van der Waals surface area contributed by atoms with Gasteiger partial charge in [-0.1, -0.05) is 12.5 Å². The monoisotopic (exact) mass is 300 g/mol. The standard InChI is InChI=1S/C15H19F3N2O/c1-9-12(15(16,17)18)6-3-7-13(9)20-14(21)11-5-2-4-10(11)8-19/h3,6-7,10-11H,2,4-5,8,19H2,1H3,(H,20,21)/t10-,11-/m1/s1. The highest BCUT2D eigenvalue weighted by Gasteiger charge is 2.35. The van der Waals surface area contributed by atoms with Gasteiger partial charge in [-0.3, -0.25) is 4.79 Å². The molecule has 0 heterocycles. The molecule has 1 aromatic rings. The molecule has 0 aliphatic heterocycles. The Kier molecular flexibility index (Phi) is 4.56. The number of hydrogen-bond donors (Lipinski definition) is 2. The number of nitrogens with two attached hydrogens (primary N) is 1. The van der Waals surface area contributed by atoms with Crippen LogP contribution in [0.1, 0.15) is 30.4 Å². The molecule has 0 radical (unpaired) electrons. The number of carbonyl (C=O) groups is 1. The molecule has 0 spiro atoms. The van der Waals surface area contributed by atoms with Crippen LogP contribution < -0.4 is 11.1 Å². The Bertz CT molecular complexity index is 528. The van der Waals surface area contributed by atoms with E-state index in [1.165, 1.54) is 19.1 Å². The summed E-state index contributed by atoms with van der Waals surface area (Å²) < 4.78 is 38.6. The molecule has 1 saturated carbocycles. The second-order valence-electron chi connectivity index (χ2n) is 5.50. The molecular weight excluding hydrogens is 281 g/mol. The Morgan fingerprint density at radius 2 is 2.10 bits per heavy atom. The van der Waals surface area contributed by atoms with Gasteiger partial charge in [0.25, 0.3) is 0 Å². The molecule has 0 saturated heterocycles. The minimum Gasteiger partial charge on any atom is -0.330 e. The molecule has 1 amide bonds. The number of amides is 1. The van der Waals surface area contributed by atoms with Gasteiger partial charge in [0.15, 0.2) is 0 Å². The predicted octanol–water partition coefficient (Wildman–Crippen LogP) is 3.33. The number of carbonyl (C=O) groups excluding carboxylic acids is 1. The zero-order valence-corrected chi connectivity index (χ0v) is 11.8. The zero-order chi connectivity index (χ0) is 15.6. The van der Waals surface area contributed by atoms with Crippen molar-refractivity contribution in [1.82, 2.24) is 0 Å². The van der Waals surface area contributed by atoms with Crippen LogP contribution in [0.4, 0.5) is 18.9 Å². The Labute approximate surface area is 121 Å². The van der Waals surface area contributed by atoms with Gasteiger partial charge in [0.1, 0.15) is 0 Å². The summed E-state index contributed by atoms with van der Waals surface area (Å²) >= 11 is 0. The molecule has 2 atom stereocenters. The van der Waals surface area contributed by atoms with Crippen molar-refractivity contribution in [2.45, 2.75) is 32.4 Å². The summed E-state index contributed by atoms with van der Waals surface area (Å²) in [5.74, 6) is -0.314. The van der Waals surface area contributed by atoms with Gasteiger partial charge in [-0.05, 0) is 49.9 Å². The highest BCUT2D eigenvalue weighted by molar-refractivity contribution is 5.93. The van der Waals surface area contributed by atoms with E-state index in [1.807, 2.05) is 0 Å². The number of alkyl halides is 3. The first-order valence-corrected chi connectivity index (χ1v) is 7.02. The fraction of sp³-hybridized carbons (Fsp3) is 0.533. The van der Waals surface area contributed by atoms with E-state index < -0.39 is 11.7 Å². The van der Waals surface area contributed by atoms with Crippen molar-refractivity contribution < 1.29 is 18.0 Å². The average molecular weight is 300 g/mol. The normalized spacial score (nSPS) is 22.3. The van der Waals surface area contributed by atoms with Gasteiger partial charge in [0.05, 0.1) is 5.56 Å². The van der Waals surface area contributed by atoms with Crippen LogP contribution in [-0.4, -0.2) is 12.5 Å². The van der Waals surface area contributed by atoms with Crippen molar-refractivity contribution in [3.8, 4) is 0 Å². The van der Waals surface area contributed by atoms with E-state index in [2.05, 4.69) is 5.32 Å². The lowest BCUT2D eigenvalue weighted by atomic mass is 9.95. The summed E-state index contributed by atoms with van der Waals surface area (Å²) in [6.45, 7) is 1.80. The second-order valence-corrected chi connectivity index (χ2v) is 5.50. The maximum atomic E-state index is 12.9. The molecule has 2 rings (SSSR count). The lowest BCUT2D eigenvalue weighted by Crippen LogP contribution is -2.30. The van der Waals surface area contributed by atoms with Crippen molar-refractivity contribution in [2.24, 2.45) is 17.6 Å². The maximum Gasteiger partial charge on any atom is 0.416 e. The lowest BCUT2D eigenvalue weighted by molar-refractivity contribution is -0.138. The number of nitrogens with one attached hydrogen (secondary N) is 1. The first-order valence-electron chi connectivity index (χ1n) is 7.02. The molecule has 0 aromatic heterocycles. The topological polar surface area (TPSA) is 55.1 Å². The largest absolute Gasteiger partial charge is 0.416 e. The third-order valence-electron chi connectivity index (χ3n) is 4.20. The minimum absolute atomic E-state index is 0.0423. The molecule has 1 aromatic carbocycles. The molecule has 1 aliphatic carbocycles. The first-order chi connectivity index (χ1) is 9.84. The first kappa shape index (κ1) is 15.8. The van der Waals surface area contributed by atoms with Crippen LogP contribution in [0.15, 0.2) is 18.2 Å². The highest BCUT2D eigenvalue weighted by atomic mass is 19.4. The number of anilines is 1. The van der Waals surface area contributed by atoms with E-state index in [0.29, 0.717) is 6.54 Å². The zero-order valence-electron chi connectivity index (χ0n) is 11.8. The molecule has 3 nitrogen and oxygen atoms in total.